The number of hydrogen-bond acceptors (Lipinski definition) is 1. The van der Waals surface area contributed by atoms with Crippen molar-refractivity contribution in [2.45, 2.75) is 38.1 Å². The van der Waals surface area contributed by atoms with Crippen molar-refractivity contribution in [1.82, 2.24) is 4.98 Å². The number of fused-ring (bicyclic) bond motifs is 1. The number of nitrogens with one attached hydrogen (secondary N) is 1. The Labute approximate surface area is 113 Å². The fraction of sp³-hybridized carbons (Fsp3) is 0.467. The van der Waals surface area contributed by atoms with Crippen molar-refractivity contribution < 1.29 is 0 Å². The molecule has 3 heteroatoms. The van der Waals surface area contributed by atoms with Crippen LogP contribution in [-0.2, 0) is 6.42 Å². The van der Waals surface area contributed by atoms with E-state index in [-0.39, 0.29) is 0 Å². The van der Waals surface area contributed by atoms with Gasteiger partial charge in [-0.05, 0) is 36.8 Å². The molecule has 1 aliphatic rings. The average Bonchev–Trinajstić information content (AvgIpc) is 2.77. The molecule has 0 saturated heterocycles. The topological polar surface area (TPSA) is 41.8 Å². The second kappa shape index (κ2) is 4.94. The van der Waals surface area contributed by atoms with Crippen LogP contribution in [0.2, 0.25) is 5.02 Å². The number of halogens is 1. The highest BCUT2D eigenvalue weighted by atomic mass is 35.5. The minimum Gasteiger partial charge on any atom is -0.360 e. The van der Waals surface area contributed by atoms with Crippen molar-refractivity contribution in [3.05, 3.63) is 35.0 Å². The summed E-state index contributed by atoms with van der Waals surface area (Å²) in [6, 6.07) is 6.45. The molecule has 2 aromatic rings. The summed E-state index contributed by atoms with van der Waals surface area (Å²) in [6.45, 7) is 0. The van der Waals surface area contributed by atoms with Crippen LogP contribution in [0.1, 0.15) is 31.2 Å². The van der Waals surface area contributed by atoms with E-state index in [1.165, 1.54) is 36.6 Å². The van der Waals surface area contributed by atoms with Gasteiger partial charge in [0, 0.05) is 17.6 Å². The molecule has 3 rings (SSSR count). The maximum atomic E-state index is 6.23. The zero-order valence-electron chi connectivity index (χ0n) is 10.5. The van der Waals surface area contributed by atoms with E-state index in [0.29, 0.717) is 12.0 Å². The van der Waals surface area contributed by atoms with Crippen LogP contribution in [0.25, 0.3) is 10.9 Å². The molecule has 2 atom stereocenters. The highest BCUT2D eigenvalue weighted by molar-refractivity contribution is 6.35. The molecule has 1 aromatic carbocycles. The maximum Gasteiger partial charge on any atom is 0.0647 e. The van der Waals surface area contributed by atoms with Crippen molar-refractivity contribution >= 4 is 22.5 Å². The highest BCUT2D eigenvalue weighted by Gasteiger charge is 2.23. The normalized spacial score (nSPS) is 24.6. The fourth-order valence-corrected chi connectivity index (χ4v) is 3.35. The molecule has 96 valence electrons. The summed E-state index contributed by atoms with van der Waals surface area (Å²) in [6.07, 6.45) is 8.21. The fourth-order valence-electron chi connectivity index (χ4n) is 3.12. The van der Waals surface area contributed by atoms with Crippen LogP contribution in [0.5, 0.6) is 0 Å². The molecule has 0 bridgehead atoms. The van der Waals surface area contributed by atoms with Crippen LogP contribution in [-0.4, -0.2) is 11.0 Å². The van der Waals surface area contributed by atoms with Gasteiger partial charge in [-0.15, -0.1) is 0 Å². The summed E-state index contributed by atoms with van der Waals surface area (Å²) in [5, 5.41) is 2.05. The summed E-state index contributed by atoms with van der Waals surface area (Å²) in [7, 11) is 0. The van der Waals surface area contributed by atoms with E-state index in [4.69, 9.17) is 17.3 Å². The van der Waals surface area contributed by atoms with Gasteiger partial charge in [0.25, 0.3) is 0 Å². The van der Waals surface area contributed by atoms with Crippen molar-refractivity contribution in [1.29, 1.82) is 0 Å². The van der Waals surface area contributed by atoms with Crippen molar-refractivity contribution in [2.24, 2.45) is 11.7 Å². The molecule has 1 saturated carbocycles. The Bertz CT molecular complexity index is 546. The summed E-state index contributed by atoms with van der Waals surface area (Å²) in [4.78, 5) is 3.29. The zero-order chi connectivity index (χ0) is 12.5. The Kier molecular flexibility index (Phi) is 3.31. The molecular formula is C15H19ClN2. The Morgan fingerprint density at radius 3 is 2.94 bits per heavy atom. The number of aromatic amines is 1. The molecule has 2 unspecified atom stereocenters. The lowest BCUT2D eigenvalue weighted by Gasteiger charge is -2.28. The molecular weight excluding hydrogens is 244 g/mol. The quantitative estimate of drug-likeness (QED) is 0.847. The number of H-pyrrole nitrogens is 1. The number of benzene rings is 1. The van der Waals surface area contributed by atoms with Crippen LogP contribution in [0.3, 0.4) is 0 Å². The van der Waals surface area contributed by atoms with Crippen molar-refractivity contribution in [3.63, 3.8) is 0 Å². The van der Waals surface area contributed by atoms with Crippen LogP contribution in [0, 0.1) is 5.92 Å². The Hall–Kier alpha value is -0.990. The van der Waals surface area contributed by atoms with E-state index >= 15 is 0 Å². The van der Waals surface area contributed by atoms with Gasteiger partial charge in [0.2, 0.25) is 0 Å². The van der Waals surface area contributed by atoms with Crippen LogP contribution in [0.15, 0.2) is 24.4 Å². The molecule has 3 N–H and O–H groups in total. The third-order valence-corrected chi connectivity index (χ3v) is 4.52. The van der Waals surface area contributed by atoms with E-state index in [9.17, 15) is 0 Å². The number of aromatic nitrogens is 1. The average molecular weight is 263 g/mol. The van der Waals surface area contributed by atoms with E-state index < -0.39 is 0 Å². The van der Waals surface area contributed by atoms with E-state index in [1.807, 2.05) is 12.1 Å². The SMILES string of the molecule is NC1CCCCC1Cc1c[nH]c2c(Cl)cccc12. The smallest absolute Gasteiger partial charge is 0.0647 e. The molecule has 1 aromatic heterocycles. The second-order valence-corrected chi connectivity index (χ2v) is 5.80. The minimum absolute atomic E-state index is 0.364. The number of para-hydroxylation sites is 1. The molecule has 0 spiro atoms. The predicted octanol–water partition coefficient (Wildman–Crippen LogP) is 3.88. The van der Waals surface area contributed by atoms with Gasteiger partial charge in [0.15, 0.2) is 0 Å². The first-order valence-electron chi connectivity index (χ1n) is 6.76. The Balaban J connectivity index is 1.88. The van der Waals surface area contributed by atoms with Crippen molar-refractivity contribution in [3.8, 4) is 0 Å². The predicted molar refractivity (Wildman–Crippen MR) is 76.9 cm³/mol. The molecule has 0 amide bonds. The maximum absolute atomic E-state index is 6.23. The third kappa shape index (κ3) is 2.15. The minimum atomic E-state index is 0.364. The molecule has 18 heavy (non-hydrogen) atoms. The monoisotopic (exact) mass is 262 g/mol. The lowest BCUT2D eigenvalue weighted by Crippen LogP contribution is -2.34. The first-order valence-corrected chi connectivity index (χ1v) is 7.13. The van der Waals surface area contributed by atoms with Gasteiger partial charge in [-0.1, -0.05) is 36.6 Å². The first kappa shape index (κ1) is 12.1. The number of hydrogen-bond donors (Lipinski definition) is 2. The summed E-state index contributed by atoms with van der Waals surface area (Å²) in [5.41, 5.74) is 8.64. The van der Waals surface area contributed by atoms with E-state index in [0.717, 1.165) is 17.0 Å². The standard InChI is InChI=1S/C15H19ClN2/c16-13-6-3-5-12-11(9-18-15(12)13)8-10-4-1-2-7-14(10)17/h3,5-6,9-10,14,18H,1-2,4,7-8,17H2. The lowest BCUT2D eigenvalue weighted by molar-refractivity contribution is 0.307. The van der Waals surface area contributed by atoms with Crippen LogP contribution < -0.4 is 5.73 Å². The van der Waals surface area contributed by atoms with Gasteiger partial charge in [-0.3, -0.25) is 0 Å². The largest absolute Gasteiger partial charge is 0.360 e. The van der Waals surface area contributed by atoms with Gasteiger partial charge in [-0.2, -0.15) is 0 Å². The van der Waals surface area contributed by atoms with Crippen LogP contribution >= 0.6 is 11.6 Å². The molecule has 2 nitrogen and oxygen atoms in total. The van der Waals surface area contributed by atoms with Gasteiger partial charge >= 0.3 is 0 Å². The van der Waals surface area contributed by atoms with Gasteiger partial charge in [0.05, 0.1) is 10.5 Å². The van der Waals surface area contributed by atoms with Gasteiger partial charge < -0.3 is 10.7 Å². The molecule has 0 aliphatic heterocycles. The van der Waals surface area contributed by atoms with Gasteiger partial charge in [0.1, 0.15) is 0 Å². The number of nitrogens with two attached hydrogens (primary N) is 1. The summed E-state index contributed by atoms with van der Waals surface area (Å²) >= 11 is 6.19. The number of rotatable bonds is 2. The van der Waals surface area contributed by atoms with E-state index in [1.54, 1.807) is 0 Å². The third-order valence-electron chi connectivity index (χ3n) is 4.20. The van der Waals surface area contributed by atoms with Crippen molar-refractivity contribution in [2.75, 3.05) is 0 Å². The molecule has 1 aliphatic carbocycles. The Morgan fingerprint density at radius 2 is 2.11 bits per heavy atom. The molecule has 1 heterocycles. The lowest BCUT2D eigenvalue weighted by atomic mass is 9.81. The Morgan fingerprint density at radius 1 is 1.28 bits per heavy atom. The molecule has 1 fully saturated rings. The summed E-state index contributed by atoms with van der Waals surface area (Å²) < 4.78 is 0. The van der Waals surface area contributed by atoms with Crippen LogP contribution in [0.4, 0.5) is 0 Å². The first-order chi connectivity index (χ1) is 8.75. The molecule has 0 radical (unpaired) electrons. The summed E-state index contributed by atoms with van der Waals surface area (Å²) in [5.74, 6) is 0.622. The highest BCUT2D eigenvalue weighted by Crippen LogP contribution is 2.31. The zero-order valence-corrected chi connectivity index (χ0v) is 11.2. The van der Waals surface area contributed by atoms with E-state index in [2.05, 4.69) is 17.2 Å². The van der Waals surface area contributed by atoms with Gasteiger partial charge in [-0.25, -0.2) is 0 Å². The second-order valence-electron chi connectivity index (χ2n) is 5.39.